The van der Waals surface area contributed by atoms with Crippen LogP contribution in [0.3, 0.4) is 0 Å². The second-order valence-corrected chi connectivity index (χ2v) is 5.44. The zero-order valence-electron chi connectivity index (χ0n) is 12.5. The molecule has 0 bridgehead atoms. The average Bonchev–Trinajstić information content (AvgIpc) is 2.56. The molecule has 2 rings (SSSR count). The van der Waals surface area contributed by atoms with Crippen LogP contribution in [0.25, 0.3) is 0 Å². The molecule has 2 aromatic rings. The van der Waals surface area contributed by atoms with Gasteiger partial charge in [-0.2, -0.15) is 8.78 Å². The highest BCUT2D eigenvalue weighted by atomic mass is 35.5. The van der Waals surface area contributed by atoms with Gasteiger partial charge in [0.1, 0.15) is 5.75 Å². The predicted octanol–water partition coefficient (Wildman–Crippen LogP) is 4.39. The van der Waals surface area contributed by atoms with Crippen LogP contribution >= 0.6 is 23.2 Å². The molecule has 2 aromatic carbocycles. The third-order valence-electron chi connectivity index (χ3n) is 2.87. The molecule has 0 radical (unpaired) electrons. The Labute approximate surface area is 151 Å². The van der Waals surface area contributed by atoms with Gasteiger partial charge in [-0.3, -0.25) is 4.79 Å². The van der Waals surface area contributed by atoms with Crippen LogP contribution in [0.2, 0.25) is 10.0 Å². The van der Waals surface area contributed by atoms with Gasteiger partial charge in [-0.1, -0.05) is 35.3 Å². The SMILES string of the molecule is O=C(COC(=O)c1ccc(Cl)c(Cl)c1)Nc1ccccc1OC(F)F. The summed E-state index contributed by atoms with van der Waals surface area (Å²) >= 11 is 11.5. The van der Waals surface area contributed by atoms with Gasteiger partial charge in [0.15, 0.2) is 6.61 Å². The minimum atomic E-state index is -3.04. The number of rotatable bonds is 6. The molecular formula is C16H11Cl2F2NO4. The maximum absolute atomic E-state index is 12.3. The highest BCUT2D eigenvalue weighted by Gasteiger charge is 2.14. The summed E-state index contributed by atoms with van der Waals surface area (Å²) < 4.78 is 33.8. The minimum Gasteiger partial charge on any atom is -0.452 e. The smallest absolute Gasteiger partial charge is 0.387 e. The van der Waals surface area contributed by atoms with Gasteiger partial charge in [-0.25, -0.2) is 4.79 Å². The molecule has 9 heteroatoms. The fourth-order valence-electron chi connectivity index (χ4n) is 1.79. The van der Waals surface area contributed by atoms with E-state index in [1.165, 1.54) is 42.5 Å². The molecule has 132 valence electrons. The number of benzene rings is 2. The maximum Gasteiger partial charge on any atom is 0.387 e. The molecule has 0 aliphatic carbocycles. The number of anilines is 1. The number of carbonyl (C=O) groups excluding carboxylic acids is 2. The molecule has 0 spiro atoms. The van der Waals surface area contributed by atoms with Crippen LogP contribution in [0.1, 0.15) is 10.4 Å². The molecule has 0 fully saturated rings. The van der Waals surface area contributed by atoms with Crippen LogP contribution in [0.5, 0.6) is 5.75 Å². The Morgan fingerprint density at radius 2 is 1.80 bits per heavy atom. The normalized spacial score (nSPS) is 10.4. The summed E-state index contributed by atoms with van der Waals surface area (Å²) in [6.07, 6.45) is 0. The van der Waals surface area contributed by atoms with Crippen molar-refractivity contribution in [2.45, 2.75) is 6.61 Å². The van der Waals surface area contributed by atoms with E-state index >= 15 is 0 Å². The minimum absolute atomic E-state index is 0.0263. The first-order chi connectivity index (χ1) is 11.9. The van der Waals surface area contributed by atoms with E-state index in [0.717, 1.165) is 0 Å². The van der Waals surface area contributed by atoms with Crippen molar-refractivity contribution in [3.8, 4) is 5.75 Å². The molecule has 5 nitrogen and oxygen atoms in total. The van der Waals surface area contributed by atoms with Crippen LogP contribution < -0.4 is 10.1 Å². The van der Waals surface area contributed by atoms with E-state index in [1.807, 2.05) is 0 Å². The molecule has 0 saturated heterocycles. The molecule has 0 saturated carbocycles. The summed E-state index contributed by atoms with van der Waals surface area (Å²) in [5, 5.41) is 2.76. The van der Waals surface area contributed by atoms with E-state index < -0.39 is 25.1 Å². The van der Waals surface area contributed by atoms with Crippen molar-refractivity contribution in [2.24, 2.45) is 0 Å². The largest absolute Gasteiger partial charge is 0.452 e. The van der Waals surface area contributed by atoms with Gasteiger partial charge in [0, 0.05) is 0 Å². The number of esters is 1. The Morgan fingerprint density at radius 1 is 1.08 bits per heavy atom. The molecule has 0 aromatic heterocycles. The molecular weight excluding hydrogens is 379 g/mol. The Bertz CT molecular complexity index is 786. The topological polar surface area (TPSA) is 64.6 Å². The molecule has 0 atom stereocenters. The van der Waals surface area contributed by atoms with Crippen LogP contribution in [-0.2, 0) is 9.53 Å². The zero-order chi connectivity index (χ0) is 18.4. The van der Waals surface area contributed by atoms with Crippen molar-refractivity contribution < 1.29 is 27.8 Å². The molecule has 0 aliphatic rings. The lowest BCUT2D eigenvalue weighted by atomic mass is 10.2. The van der Waals surface area contributed by atoms with Crippen LogP contribution in [-0.4, -0.2) is 25.1 Å². The average molecular weight is 390 g/mol. The molecule has 25 heavy (non-hydrogen) atoms. The van der Waals surface area contributed by atoms with Crippen molar-refractivity contribution in [1.29, 1.82) is 0 Å². The van der Waals surface area contributed by atoms with Gasteiger partial charge in [0.2, 0.25) is 0 Å². The molecule has 0 heterocycles. The zero-order valence-corrected chi connectivity index (χ0v) is 14.0. The molecule has 1 amide bonds. The summed E-state index contributed by atoms with van der Waals surface area (Å²) in [5.41, 5.74) is 0.141. The number of para-hydroxylation sites is 2. The second-order valence-electron chi connectivity index (χ2n) is 4.63. The number of alkyl halides is 2. The van der Waals surface area contributed by atoms with Gasteiger partial charge in [0.25, 0.3) is 5.91 Å². The number of nitrogens with one attached hydrogen (secondary N) is 1. The Morgan fingerprint density at radius 3 is 2.48 bits per heavy atom. The first kappa shape index (κ1) is 19.0. The summed E-state index contributed by atoms with van der Waals surface area (Å²) in [7, 11) is 0. The van der Waals surface area contributed by atoms with Crippen molar-refractivity contribution in [3.63, 3.8) is 0 Å². The van der Waals surface area contributed by atoms with Gasteiger partial charge in [-0.05, 0) is 30.3 Å². The lowest BCUT2D eigenvalue weighted by Crippen LogP contribution is -2.21. The number of ether oxygens (including phenoxy) is 2. The summed E-state index contributed by atoms with van der Waals surface area (Å²) in [6, 6.07) is 9.74. The van der Waals surface area contributed by atoms with E-state index in [9.17, 15) is 18.4 Å². The summed E-state index contributed by atoms with van der Waals surface area (Å²) in [6.45, 7) is -3.66. The molecule has 0 aliphatic heterocycles. The third-order valence-corrected chi connectivity index (χ3v) is 3.61. The first-order valence-electron chi connectivity index (χ1n) is 6.82. The number of hydrogen-bond acceptors (Lipinski definition) is 4. The van der Waals surface area contributed by atoms with E-state index in [-0.39, 0.29) is 27.0 Å². The van der Waals surface area contributed by atoms with E-state index in [1.54, 1.807) is 0 Å². The van der Waals surface area contributed by atoms with Crippen LogP contribution in [0, 0.1) is 0 Å². The fraction of sp³-hybridized carbons (Fsp3) is 0.125. The fourth-order valence-corrected chi connectivity index (χ4v) is 2.09. The Balaban J connectivity index is 1.94. The summed E-state index contributed by atoms with van der Waals surface area (Å²) in [5.74, 6) is -1.72. The molecule has 0 unspecified atom stereocenters. The van der Waals surface area contributed by atoms with Crippen molar-refractivity contribution in [3.05, 3.63) is 58.1 Å². The number of carbonyl (C=O) groups is 2. The van der Waals surface area contributed by atoms with Crippen LogP contribution in [0.4, 0.5) is 14.5 Å². The number of halogens is 4. The number of amides is 1. The van der Waals surface area contributed by atoms with E-state index in [2.05, 4.69) is 10.1 Å². The van der Waals surface area contributed by atoms with E-state index in [4.69, 9.17) is 27.9 Å². The van der Waals surface area contributed by atoms with E-state index in [0.29, 0.717) is 0 Å². The van der Waals surface area contributed by atoms with Gasteiger partial charge in [0.05, 0.1) is 21.3 Å². The standard InChI is InChI=1S/C16H11Cl2F2NO4/c17-10-6-5-9(7-11(10)18)15(23)24-8-14(22)21-12-3-1-2-4-13(12)25-16(19)20/h1-7,16H,8H2,(H,21,22). The van der Waals surface area contributed by atoms with Crippen molar-refractivity contribution in [2.75, 3.05) is 11.9 Å². The monoisotopic (exact) mass is 389 g/mol. The number of hydrogen-bond donors (Lipinski definition) is 1. The second kappa shape index (κ2) is 8.64. The third kappa shape index (κ3) is 5.58. The molecule has 1 N–H and O–H groups in total. The van der Waals surface area contributed by atoms with Gasteiger partial charge >= 0.3 is 12.6 Å². The highest BCUT2D eigenvalue weighted by Crippen LogP contribution is 2.25. The van der Waals surface area contributed by atoms with Crippen LogP contribution in [0.15, 0.2) is 42.5 Å². The lowest BCUT2D eigenvalue weighted by Gasteiger charge is -2.11. The lowest BCUT2D eigenvalue weighted by molar-refractivity contribution is -0.119. The summed E-state index contributed by atoms with van der Waals surface area (Å²) in [4.78, 5) is 23.7. The Hall–Kier alpha value is -2.38. The predicted molar refractivity (Wildman–Crippen MR) is 88.4 cm³/mol. The Kier molecular flexibility index (Phi) is 6.55. The van der Waals surface area contributed by atoms with Gasteiger partial charge < -0.3 is 14.8 Å². The first-order valence-corrected chi connectivity index (χ1v) is 7.58. The van der Waals surface area contributed by atoms with Gasteiger partial charge in [-0.15, -0.1) is 0 Å². The maximum atomic E-state index is 12.3. The van der Waals surface area contributed by atoms with Crippen molar-refractivity contribution >= 4 is 40.8 Å². The quantitative estimate of drug-likeness (QED) is 0.744. The highest BCUT2D eigenvalue weighted by molar-refractivity contribution is 6.42. The van der Waals surface area contributed by atoms with Crippen molar-refractivity contribution in [1.82, 2.24) is 0 Å².